The number of rotatable bonds is 4. The number of nitrogens with zero attached hydrogens (tertiary/aromatic N) is 2. The highest BCUT2D eigenvalue weighted by atomic mass is 32.1. The molecule has 5 heteroatoms. The van der Waals surface area contributed by atoms with Gasteiger partial charge in [0.25, 0.3) is 0 Å². The summed E-state index contributed by atoms with van der Waals surface area (Å²) in [5, 5.41) is 9.40. The van der Waals surface area contributed by atoms with Gasteiger partial charge >= 0.3 is 0 Å². The third kappa shape index (κ3) is 2.52. The molecule has 0 amide bonds. The van der Waals surface area contributed by atoms with Gasteiger partial charge in [-0.2, -0.15) is 0 Å². The molecule has 0 atom stereocenters. The Hall–Kier alpha value is -1.20. The van der Waals surface area contributed by atoms with Crippen LogP contribution < -0.4 is 10.6 Å². The fourth-order valence-electron chi connectivity index (χ4n) is 3.26. The van der Waals surface area contributed by atoms with Crippen LogP contribution in [0.4, 0.5) is 5.82 Å². The topological polar surface area (TPSA) is 62.4 Å². The molecule has 3 N–H and O–H groups in total. The van der Waals surface area contributed by atoms with Crippen molar-refractivity contribution in [3.05, 3.63) is 22.9 Å². The third-order valence-electron chi connectivity index (χ3n) is 4.40. The SMILES string of the molecule is CN(CC1CC(O)C1)c1nc2c(cc1C(N)=S)CCC2. The Morgan fingerprint density at radius 3 is 2.90 bits per heavy atom. The molecular formula is C15H21N3OS. The van der Waals surface area contributed by atoms with Gasteiger partial charge in [-0.25, -0.2) is 4.98 Å². The normalized spacial score (nSPS) is 24.1. The van der Waals surface area contributed by atoms with Crippen molar-refractivity contribution in [2.75, 3.05) is 18.5 Å². The highest BCUT2D eigenvalue weighted by Gasteiger charge is 2.29. The largest absolute Gasteiger partial charge is 0.393 e. The minimum absolute atomic E-state index is 0.114. The number of pyridine rings is 1. The lowest BCUT2D eigenvalue weighted by atomic mass is 9.82. The van der Waals surface area contributed by atoms with Crippen LogP contribution in [0.3, 0.4) is 0 Å². The molecule has 3 rings (SSSR count). The van der Waals surface area contributed by atoms with E-state index in [1.165, 1.54) is 17.7 Å². The van der Waals surface area contributed by atoms with Gasteiger partial charge in [0, 0.05) is 19.3 Å². The Morgan fingerprint density at radius 1 is 1.50 bits per heavy atom. The molecule has 0 unspecified atom stereocenters. The van der Waals surface area contributed by atoms with Crippen molar-refractivity contribution < 1.29 is 5.11 Å². The molecule has 1 aromatic heterocycles. The van der Waals surface area contributed by atoms with Crippen LogP contribution in [0.25, 0.3) is 0 Å². The quantitative estimate of drug-likeness (QED) is 0.821. The number of fused-ring (bicyclic) bond motifs is 1. The maximum Gasteiger partial charge on any atom is 0.138 e. The lowest BCUT2D eigenvalue weighted by Crippen LogP contribution is -2.38. The van der Waals surface area contributed by atoms with Crippen LogP contribution in [0, 0.1) is 5.92 Å². The number of nitrogens with two attached hydrogens (primary N) is 1. The van der Waals surface area contributed by atoms with Crippen molar-refractivity contribution in [3.63, 3.8) is 0 Å². The summed E-state index contributed by atoms with van der Waals surface area (Å²) in [6.45, 7) is 0.901. The minimum atomic E-state index is -0.114. The Balaban J connectivity index is 1.85. The van der Waals surface area contributed by atoms with Crippen molar-refractivity contribution >= 4 is 23.0 Å². The Labute approximate surface area is 125 Å². The average Bonchev–Trinajstić information content (AvgIpc) is 2.82. The number of aliphatic hydroxyl groups is 1. The van der Waals surface area contributed by atoms with Gasteiger partial charge in [-0.05, 0) is 49.7 Å². The van der Waals surface area contributed by atoms with Gasteiger partial charge < -0.3 is 15.7 Å². The molecule has 2 aliphatic carbocycles. The van der Waals surface area contributed by atoms with E-state index in [4.69, 9.17) is 22.9 Å². The van der Waals surface area contributed by atoms with E-state index in [-0.39, 0.29) is 6.10 Å². The minimum Gasteiger partial charge on any atom is -0.393 e. The van der Waals surface area contributed by atoms with Crippen LogP contribution in [0.1, 0.15) is 36.1 Å². The molecule has 20 heavy (non-hydrogen) atoms. The zero-order chi connectivity index (χ0) is 14.3. The number of thiocarbonyl (C=S) groups is 1. The fourth-order valence-corrected chi connectivity index (χ4v) is 3.41. The van der Waals surface area contributed by atoms with Crippen molar-refractivity contribution in [2.24, 2.45) is 11.7 Å². The predicted octanol–water partition coefficient (Wildman–Crippen LogP) is 1.41. The summed E-state index contributed by atoms with van der Waals surface area (Å²) >= 11 is 5.19. The summed E-state index contributed by atoms with van der Waals surface area (Å²) in [5.41, 5.74) is 9.25. The van der Waals surface area contributed by atoms with E-state index in [0.717, 1.165) is 43.6 Å². The lowest BCUT2D eigenvalue weighted by molar-refractivity contribution is 0.0464. The second kappa shape index (κ2) is 5.30. The number of hydrogen-bond donors (Lipinski definition) is 2. The molecule has 0 radical (unpaired) electrons. The fraction of sp³-hybridized carbons (Fsp3) is 0.600. The van der Waals surface area contributed by atoms with Gasteiger partial charge in [0.05, 0.1) is 11.7 Å². The van der Waals surface area contributed by atoms with Crippen LogP contribution in [0.5, 0.6) is 0 Å². The first-order valence-electron chi connectivity index (χ1n) is 7.26. The summed E-state index contributed by atoms with van der Waals surface area (Å²) in [6, 6.07) is 2.12. The van der Waals surface area contributed by atoms with E-state index >= 15 is 0 Å². The van der Waals surface area contributed by atoms with Gasteiger partial charge in [-0.1, -0.05) is 12.2 Å². The van der Waals surface area contributed by atoms with Gasteiger partial charge in [-0.3, -0.25) is 0 Å². The van der Waals surface area contributed by atoms with E-state index in [9.17, 15) is 5.11 Å². The monoisotopic (exact) mass is 291 g/mol. The number of aliphatic hydroxyl groups excluding tert-OH is 1. The van der Waals surface area contributed by atoms with Crippen LogP contribution in [0.2, 0.25) is 0 Å². The number of hydrogen-bond acceptors (Lipinski definition) is 4. The van der Waals surface area contributed by atoms with E-state index in [1.807, 2.05) is 7.05 Å². The number of aromatic nitrogens is 1. The molecule has 108 valence electrons. The Morgan fingerprint density at radius 2 is 2.25 bits per heavy atom. The predicted molar refractivity (Wildman–Crippen MR) is 84.2 cm³/mol. The van der Waals surface area contributed by atoms with Gasteiger partial charge in [0.2, 0.25) is 0 Å². The van der Waals surface area contributed by atoms with Crippen LogP contribution in [-0.2, 0) is 12.8 Å². The van der Waals surface area contributed by atoms with Crippen molar-refractivity contribution in [1.82, 2.24) is 4.98 Å². The Kier molecular flexibility index (Phi) is 3.65. The highest BCUT2D eigenvalue weighted by Crippen LogP contribution is 2.31. The standard InChI is InChI=1S/C15H21N3OS/c1-18(8-9-5-11(19)6-9)15-12(14(16)20)7-10-3-2-4-13(10)17-15/h7,9,11,19H,2-6,8H2,1H3,(H2,16,20). The van der Waals surface area contributed by atoms with E-state index in [2.05, 4.69) is 11.0 Å². The van der Waals surface area contributed by atoms with E-state index < -0.39 is 0 Å². The molecule has 4 nitrogen and oxygen atoms in total. The van der Waals surface area contributed by atoms with Gasteiger partial charge in [0.15, 0.2) is 0 Å². The average molecular weight is 291 g/mol. The zero-order valence-corrected chi connectivity index (χ0v) is 12.6. The van der Waals surface area contributed by atoms with Crippen LogP contribution in [-0.4, -0.2) is 34.8 Å². The van der Waals surface area contributed by atoms with Crippen molar-refractivity contribution in [1.29, 1.82) is 0 Å². The first kappa shape index (κ1) is 13.8. The van der Waals surface area contributed by atoms with Crippen LogP contribution in [0.15, 0.2) is 6.07 Å². The third-order valence-corrected chi connectivity index (χ3v) is 4.62. The number of anilines is 1. The second-order valence-electron chi connectivity index (χ2n) is 6.05. The molecule has 0 saturated heterocycles. The Bertz CT molecular complexity index is 540. The summed E-state index contributed by atoms with van der Waals surface area (Å²) in [6.07, 6.45) is 4.96. The van der Waals surface area contributed by atoms with Crippen molar-refractivity contribution in [3.8, 4) is 0 Å². The maximum atomic E-state index is 9.40. The summed E-state index contributed by atoms with van der Waals surface area (Å²) in [7, 11) is 2.04. The molecule has 1 fully saturated rings. The molecule has 0 spiro atoms. The smallest absolute Gasteiger partial charge is 0.138 e. The molecule has 2 aliphatic rings. The van der Waals surface area contributed by atoms with Crippen molar-refractivity contribution in [2.45, 2.75) is 38.2 Å². The summed E-state index contributed by atoms with van der Waals surface area (Å²) < 4.78 is 0. The number of aryl methyl sites for hydroxylation is 2. The molecule has 0 bridgehead atoms. The first-order chi connectivity index (χ1) is 9.54. The first-order valence-corrected chi connectivity index (χ1v) is 7.67. The maximum absolute atomic E-state index is 9.40. The van der Waals surface area contributed by atoms with E-state index in [1.54, 1.807) is 0 Å². The second-order valence-corrected chi connectivity index (χ2v) is 6.49. The summed E-state index contributed by atoms with van der Waals surface area (Å²) in [4.78, 5) is 7.36. The molecular weight excluding hydrogens is 270 g/mol. The molecule has 1 heterocycles. The molecule has 1 aromatic rings. The molecule has 0 aliphatic heterocycles. The molecule has 1 saturated carbocycles. The zero-order valence-electron chi connectivity index (χ0n) is 11.8. The van der Waals surface area contributed by atoms with Gasteiger partial charge in [0.1, 0.15) is 10.8 Å². The van der Waals surface area contributed by atoms with E-state index in [0.29, 0.717) is 10.9 Å². The van der Waals surface area contributed by atoms with Crippen LogP contribution >= 0.6 is 12.2 Å². The van der Waals surface area contributed by atoms with Gasteiger partial charge in [-0.15, -0.1) is 0 Å². The molecule has 0 aromatic carbocycles. The highest BCUT2D eigenvalue weighted by molar-refractivity contribution is 7.80. The lowest BCUT2D eigenvalue weighted by Gasteiger charge is -2.35. The summed E-state index contributed by atoms with van der Waals surface area (Å²) in [5.74, 6) is 1.45.